The Kier molecular flexibility index (Phi) is 7.98. The number of carbonyl (C=O) groups excluding carboxylic acids is 1. The second-order valence-corrected chi connectivity index (χ2v) is 6.99. The fraction of sp³-hybridized carbons (Fsp3) is 0.600. The summed E-state index contributed by atoms with van der Waals surface area (Å²) in [6.45, 7) is 6.96. The van der Waals surface area contributed by atoms with Crippen molar-refractivity contribution in [3.8, 4) is 0 Å². The molecule has 2 aliphatic heterocycles. The normalized spacial score (nSPS) is 16.3. The van der Waals surface area contributed by atoms with Crippen molar-refractivity contribution in [3.63, 3.8) is 0 Å². The molecule has 1 fully saturated rings. The number of piperidine rings is 1. The van der Waals surface area contributed by atoms with Gasteiger partial charge in [0, 0.05) is 57.5 Å². The number of hydrogen-bond acceptors (Lipinski definition) is 5. The summed E-state index contributed by atoms with van der Waals surface area (Å²) in [5.41, 5.74) is 2.92. The first kappa shape index (κ1) is 21.6. The van der Waals surface area contributed by atoms with E-state index in [1.807, 2.05) is 27.9 Å². The van der Waals surface area contributed by atoms with Gasteiger partial charge in [-0.25, -0.2) is 4.98 Å². The zero-order valence-electron chi connectivity index (χ0n) is 17.2. The van der Waals surface area contributed by atoms with E-state index in [-0.39, 0.29) is 5.91 Å². The van der Waals surface area contributed by atoms with Gasteiger partial charge in [-0.15, -0.1) is 0 Å². The SMILES string of the molecule is CC.CN1CCc2c(c3ccc(N4CCCCC4)nc3n2C)C1=O.CSO. The van der Waals surface area contributed by atoms with E-state index in [4.69, 9.17) is 9.54 Å². The lowest BCUT2D eigenvalue weighted by atomic mass is 10.0. The molecule has 1 saturated heterocycles. The topological polar surface area (TPSA) is 61.6 Å². The Morgan fingerprint density at radius 2 is 1.70 bits per heavy atom. The van der Waals surface area contributed by atoms with Crippen molar-refractivity contribution < 1.29 is 9.35 Å². The number of nitrogens with zero attached hydrogens (tertiary/aromatic N) is 4. The van der Waals surface area contributed by atoms with Crippen LogP contribution in [0.25, 0.3) is 11.0 Å². The molecule has 150 valence electrons. The van der Waals surface area contributed by atoms with Crippen molar-refractivity contribution in [2.75, 3.05) is 37.8 Å². The number of hydrogen-bond donors (Lipinski definition) is 1. The van der Waals surface area contributed by atoms with E-state index in [0.29, 0.717) is 0 Å². The van der Waals surface area contributed by atoms with E-state index >= 15 is 0 Å². The van der Waals surface area contributed by atoms with E-state index in [1.165, 1.54) is 19.3 Å². The Morgan fingerprint density at radius 1 is 1.07 bits per heavy atom. The number of carbonyl (C=O) groups is 1. The van der Waals surface area contributed by atoms with Crippen LogP contribution in [0.5, 0.6) is 0 Å². The number of likely N-dealkylation sites (N-methyl/N-ethyl adjacent to an activating group) is 1. The average molecular weight is 393 g/mol. The minimum atomic E-state index is 0.124. The second kappa shape index (κ2) is 9.99. The monoisotopic (exact) mass is 392 g/mol. The fourth-order valence-corrected chi connectivity index (χ4v) is 3.74. The van der Waals surface area contributed by atoms with E-state index in [0.717, 1.165) is 66.2 Å². The molecule has 2 aromatic rings. The van der Waals surface area contributed by atoms with Crippen LogP contribution in [0.15, 0.2) is 12.1 Å². The third-order valence-electron chi connectivity index (χ3n) is 5.07. The predicted molar refractivity (Wildman–Crippen MR) is 115 cm³/mol. The van der Waals surface area contributed by atoms with Gasteiger partial charge in [-0.3, -0.25) is 4.79 Å². The summed E-state index contributed by atoms with van der Waals surface area (Å²) in [5.74, 6) is 1.17. The van der Waals surface area contributed by atoms with Crippen LogP contribution in [-0.4, -0.2) is 57.8 Å². The maximum Gasteiger partial charge on any atom is 0.256 e. The number of amides is 1. The van der Waals surface area contributed by atoms with E-state index < -0.39 is 0 Å². The molecule has 6 nitrogen and oxygen atoms in total. The van der Waals surface area contributed by atoms with Crippen LogP contribution >= 0.6 is 12.0 Å². The molecule has 0 aliphatic carbocycles. The molecule has 1 N–H and O–H groups in total. The molecule has 0 unspecified atom stereocenters. The molecule has 27 heavy (non-hydrogen) atoms. The van der Waals surface area contributed by atoms with Crippen molar-refractivity contribution >= 4 is 34.8 Å². The van der Waals surface area contributed by atoms with Crippen molar-refractivity contribution in [1.29, 1.82) is 0 Å². The molecule has 0 bridgehead atoms. The van der Waals surface area contributed by atoms with E-state index in [2.05, 4.69) is 21.6 Å². The van der Waals surface area contributed by atoms with Gasteiger partial charge < -0.3 is 18.9 Å². The predicted octanol–water partition coefficient (Wildman–Crippen LogP) is 4.04. The molecule has 2 aliphatic rings. The summed E-state index contributed by atoms with van der Waals surface area (Å²) < 4.78 is 9.60. The average Bonchev–Trinajstić information content (AvgIpc) is 3.00. The Balaban J connectivity index is 0.000000478. The van der Waals surface area contributed by atoms with Gasteiger partial charge in [0.1, 0.15) is 11.5 Å². The minimum Gasteiger partial charge on any atom is -0.357 e. The van der Waals surface area contributed by atoms with Crippen LogP contribution in [0, 0.1) is 0 Å². The summed E-state index contributed by atoms with van der Waals surface area (Å²) in [6.07, 6.45) is 6.31. The van der Waals surface area contributed by atoms with Gasteiger partial charge in [-0.2, -0.15) is 0 Å². The highest BCUT2D eigenvalue weighted by Crippen LogP contribution is 2.30. The third-order valence-corrected chi connectivity index (χ3v) is 5.07. The summed E-state index contributed by atoms with van der Waals surface area (Å²) in [4.78, 5) is 21.6. The van der Waals surface area contributed by atoms with Gasteiger partial charge in [-0.05, 0) is 43.4 Å². The molecular weight excluding hydrogens is 360 g/mol. The fourth-order valence-electron chi connectivity index (χ4n) is 3.74. The first-order chi connectivity index (χ1) is 13.1. The third kappa shape index (κ3) is 4.41. The Hall–Kier alpha value is -1.73. The van der Waals surface area contributed by atoms with Crippen LogP contribution < -0.4 is 4.90 Å². The lowest BCUT2D eigenvalue weighted by Gasteiger charge is -2.27. The summed E-state index contributed by atoms with van der Waals surface area (Å²) in [7, 11) is 3.91. The molecule has 0 atom stereocenters. The first-order valence-corrected chi connectivity index (χ1v) is 10.9. The summed E-state index contributed by atoms with van der Waals surface area (Å²) in [6, 6.07) is 4.16. The molecule has 0 radical (unpaired) electrons. The molecule has 2 aromatic heterocycles. The van der Waals surface area contributed by atoms with Gasteiger partial charge in [-0.1, -0.05) is 13.8 Å². The standard InChI is InChI=1S/C17H22N4O.C2H6.CH4OS/c1-19-11-8-13-15(17(19)22)12-6-7-14(18-16(12)20(13)2)21-9-4-3-5-10-21;1-2;1-3-2/h6-7H,3-5,8-11H2,1-2H3;1-2H3;2H,1H3. The maximum atomic E-state index is 12.5. The van der Waals surface area contributed by atoms with Crippen molar-refractivity contribution in [2.45, 2.75) is 39.5 Å². The van der Waals surface area contributed by atoms with Crippen LogP contribution in [-0.2, 0) is 13.5 Å². The Bertz CT molecular complexity index is 769. The smallest absolute Gasteiger partial charge is 0.256 e. The number of fused-ring (bicyclic) bond motifs is 3. The zero-order valence-corrected chi connectivity index (χ0v) is 18.0. The number of pyridine rings is 1. The summed E-state index contributed by atoms with van der Waals surface area (Å²) in [5, 5.41) is 0.995. The quantitative estimate of drug-likeness (QED) is 0.742. The second-order valence-electron chi connectivity index (χ2n) is 6.63. The highest BCUT2D eigenvalue weighted by Gasteiger charge is 2.28. The molecule has 4 rings (SSSR count). The lowest BCUT2D eigenvalue weighted by Crippen LogP contribution is -2.34. The number of anilines is 1. The van der Waals surface area contributed by atoms with Crippen molar-refractivity contribution in [2.24, 2.45) is 7.05 Å². The maximum absolute atomic E-state index is 12.5. The van der Waals surface area contributed by atoms with Crippen LogP contribution in [0.1, 0.15) is 49.2 Å². The first-order valence-electron chi connectivity index (χ1n) is 9.74. The van der Waals surface area contributed by atoms with Crippen molar-refractivity contribution in [3.05, 3.63) is 23.4 Å². The molecule has 0 spiro atoms. The van der Waals surface area contributed by atoms with Gasteiger partial charge in [0.05, 0.1) is 5.56 Å². The molecule has 4 heterocycles. The minimum absolute atomic E-state index is 0.124. The number of aromatic nitrogens is 2. The van der Waals surface area contributed by atoms with E-state index in [1.54, 1.807) is 11.2 Å². The molecule has 7 heteroatoms. The largest absolute Gasteiger partial charge is 0.357 e. The highest BCUT2D eigenvalue weighted by atomic mass is 32.2. The van der Waals surface area contributed by atoms with E-state index in [9.17, 15) is 4.79 Å². The zero-order chi connectivity index (χ0) is 20.0. The number of rotatable bonds is 1. The van der Waals surface area contributed by atoms with Gasteiger partial charge >= 0.3 is 0 Å². The van der Waals surface area contributed by atoms with Crippen LogP contribution in [0.2, 0.25) is 0 Å². The van der Waals surface area contributed by atoms with Gasteiger partial charge in [0.15, 0.2) is 0 Å². The molecule has 0 saturated carbocycles. The van der Waals surface area contributed by atoms with Gasteiger partial charge in [0.2, 0.25) is 0 Å². The lowest BCUT2D eigenvalue weighted by molar-refractivity contribution is 0.0781. The number of aryl methyl sites for hydroxylation is 1. The van der Waals surface area contributed by atoms with Gasteiger partial charge in [0.25, 0.3) is 5.91 Å². The molecule has 0 aromatic carbocycles. The Labute approximate surface area is 166 Å². The highest BCUT2D eigenvalue weighted by molar-refractivity contribution is 7.93. The molecular formula is C20H32N4O2S. The van der Waals surface area contributed by atoms with Crippen LogP contribution in [0.3, 0.4) is 0 Å². The van der Waals surface area contributed by atoms with Crippen molar-refractivity contribution in [1.82, 2.24) is 14.5 Å². The Morgan fingerprint density at radius 3 is 2.33 bits per heavy atom. The summed E-state index contributed by atoms with van der Waals surface area (Å²) >= 11 is 0.750. The van der Waals surface area contributed by atoms with Crippen LogP contribution in [0.4, 0.5) is 5.82 Å². The molecule has 1 amide bonds.